The lowest BCUT2D eigenvalue weighted by molar-refractivity contribution is -0.140. The van der Waals surface area contributed by atoms with Crippen LogP contribution in [0.15, 0.2) is 54.4 Å². The smallest absolute Gasteiger partial charge is 0.420 e. The molecule has 0 spiro atoms. The Kier molecular flexibility index (Phi) is 8.89. The molecule has 2 amide bonds. The van der Waals surface area contributed by atoms with Crippen molar-refractivity contribution in [3.8, 4) is 5.75 Å². The van der Waals surface area contributed by atoms with Crippen molar-refractivity contribution < 1.29 is 41.7 Å². The first kappa shape index (κ1) is 28.8. The van der Waals surface area contributed by atoms with Crippen molar-refractivity contribution in [3.63, 3.8) is 0 Å². The number of benzene rings is 2. The monoisotopic (exact) mass is 539 g/mol. The van der Waals surface area contributed by atoms with Crippen molar-refractivity contribution in [1.82, 2.24) is 5.32 Å². The summed E-state index contributed by atoms with van der Waals surface area (Å²) in [5.41, 5.74) is -1.52. The van der Waals surface area contributed by atoms with E-state index < -0.39 is 41.2 Å². The molecule has 206 valence electrons. The van der Waals surface area contributed by atoms with Crippen LogP contribution in [0.1, 0.15) is 31.9 Å². The van der Waals surface area contributed by atoms with E-state index in [2.05, 4.69) is 16.0 Å². The van der Waals surface area contributed by atoms with Gasteiger partial charge in [-0.05, 0) is 62.7 Å². The Morgan fingerprint density at radius 3 is 2.50 bits per heavy atom. The zero-order valence-corrected chi connectivity index (χ0v) is 21.2. The van der Waals surface area contributed by atoms with E-state index in [-0.39, 0.29) is 23.7 Å². The largest absolute Gasteiger partial charge is 0.493 e. The van der Waals surface area contributed by atoms with Crippen LogP contribution in [0.4, 0.5) is 33.7 Å². The van der Waals surface area contributed by atoms with Gasteiger partial charge in [-0.25, -0.2) is 9.18 Å². The first-order valence-corrected chi connectivity index (χ1v) is 11.6. The zero-order valence-electron chi connectivity index (χ0n) is 21.2. The van der Waals surface area contributed by atoms with Gasteiger partial charge >= 0.3 is 12.2 Å². The highest BCUT2D eigenvalue weighted by Gasteiger charge is 2.36. The number of rotatable bonds is 9. The average Bonchev–Trinajstić information content (AvgIpc) is 2.82. The molecule has 1 aliphatic rings. The van der Waals surface area contributed by atoms with Crippen LogP contribution < -0.4 is 20.7 Å². The van der Waals surface area contributed by atoms with Crippen LogP contribution in [0, 0.1) is 5.82 Å². The third-order valence-electron chi connectivity index (χ3n) is 5.25. The molecule has 2 aromatic carbocycles. The first-order chi connectivity index (χ1) is 17.8. The molecule has 0 aromatic heterocycles. The molecule has 0 aliphatic carbocycles. The Hall–Kier alpha value is -3.77. The highest BCUT2D eigenvalue weighted by atomic mass is 19.4. The molecule has 0 fully saturated rings. The fraction of sp³-hybridized carbons (Fsp3) is 0.346. The number of alkyl halides is 3. The van der Waals surface area contributed by atoms with Crippen LogP contribution in [-0.4, -0.2) is 43.3 Å². The van der Waals surface area contributed by atoms with Crippen molar-refractivity contribution >= 4 is 23.0 Å². The van der Waals surface area contributed by atoms with Crippen LogP contribution >= 0.6 is 0 Å². The minimum atomic E-state index is -4.76. The average molecular weight is 540 g/mol. The summed E-state index contributed by atoms with van der Waals surface area (Å²) in [6, 6.07) is 6.12. The van der Waals surface area contributed by atoms with Crippen molar-refractivity contribution in [1.29, 1.82) is 0 Å². The van der Waals surface area contributed by atoms with Gasteiger partial charge in [0.25, 0.3) is 0 Å². The molecule has 1 unspecified atom stereocenters. The maximum Gasteiger partial charge on any atom is 0.420 e. The normalized spacial score (nSPS) is 15.7. The zero-order chi connectivity index (χ0) is 28.1. The van der Waals surface area contributed by atoms with Crippen LogP contribution in [0.5, 0.6) is 5.75 Å². The summed E-state index contributed by atoms with van der Waals surface area (Å²) >= 11 is 0. The minimum absolute atomic E-state index is 0.0524. The molecule has 2 aromatic rings. The topological polar surface area (TPSA) is 101 Å². The number of amides is 2. The molecule has 1 atom stereocenters. The van der Waals surface area contributed by atoms with E-state index in [1.807, 2.05) is 0 Å². The fourth-order valence-electron chi connectivity index (χ4n) is 3.65. The number of nitrogens with one attached hydrogen (secondary N) is 3. The SMILES string of the molecule is CCOC1=CC(c2ccc(NC(=O)Nc3ccc(OC(C)(C)COC)c(C(F)(F)F)c3)c(F)c2)=CNC1O. The van der Waals surface area contributed by atoms with E-state index >= 15 is 0 Å². The lowest BCUT2D eigenvalue weighted by Gasteiger charge is -2.27. The summed E-state index contributed by atoms with van der Waals surface area (Å²) < 4.78 is 71.6. The van der Waals surface area contributed by atoms with E-state index in [4.69, 9.17) is 14.2 Å². The summed E-state index contributed by atoms with van der Waals surface area (Å²) in [7, 11) is 1.41. The number of carbonyl (C=O) groups excluding carboxylic acids is 1. The number of halogens is 4. The molecular weight excluding hydrogens is 510 g/mol. The molecule has 12 heteroatoms. The summed E-state index contributed by atoms with van der Waals surface area (Å²) in [6.07, 6.45) is -2.74. The van der Waals surface area contributed by atoms with E-state index in [1.54, 1.807) is 26.8 Å². The van der Waals surface area contributed by atoms with Gasteiger partial charge < -0.3 is 35.3 Å². The number of aliphatic hydroxyl groups is 1. The number of hydrogen-bond donors (Lipinski definition) is 4. The second kappa shape index (κ2) is 11.7. The Labute approximate surface area is 217 Å². The fourth-order valence-corrected chi connectivity index (χ4v) is 3.65. The second-order valence-electron chi connectivity index (χ2n) is 8.93. The molecule has 0 radical (unpaired) electrons. The summed E-state index contributed by atoms with van der Waals surface area (Å²) in [6.45, 7) is 5.30. The highest BCUT2D eigenvalue weighted by molar-refractivity contribution is 6.00. The highest BCUT2D eigenvalue weighted by Crippen LogP contribution is 2.39. The van der Waals surface area contributed by atoms with Gasteiger partial charge in [-0.15, -0.1) is 0 Å². The number of anilines is 2. The van der Waals surface area contributed by atoms with Gasteiger partial charge in [0.15, 0.2) is 6.23 Å². The van der Waals surface area contributed by atoms with Gasteiger partial charge in [0.2, 0.25) is 0 Å². The maximum absolute atomic E-state index is 14.8. The molecule has 1 heterocycles. The van der Waals surface area contributed by atoms with Crippen molar-refractivity contribution in [2.75, 3.05) is 31.0 Å². The third kappa shape index (κ3) is 7.39. The number of hydrogen-bond acceptors (Lipinski definition) is 6. The van der Waals surface area contributed by atoms with Crippen LogP contribution in [0.25, 0.3) is 5.57 Å². The number of methoxy groups -OCH3 is 1. The number of carbonyl (C=O) groups is 1. The van der Waals surface area contributed by atoms with Crippen LogP contribution in [-0.2, 0) is 15.7 Å². The minimum Gasteiger partial charge on any atom is -0.493 e. The molecule has 0 saturated heterocycles. The molecule has 1 aliphatic heterocycles. The van der Waals surface area contributed by atoms with Crippen molar-refractivity contribution in [2.24, 2.45) is 0 Å². The van der Waals surface area contributed by atoms with Gasteiger partial charge in [0, 0.05) is 24.6 Å². The van der Waals surface area contributed by atoms with E-state index in [1.165, 1.54) is 31.5 Å². The van der Waals surface area contributed by atoms with Crippen molar-refractivity contribution in [2.45, 2.75) is 38.8 Å². The van der Waals surface area contributed by atoms with Gasteiger partial charge in [-0.1, -0.05) is 6.07 Å². The maximum atomic E-state index is 14.8. The van der Waals surface area contributed by atoms with Gasteiger partial charge in [-0.3, -0.25) is 0 Å². The summed E-state index contributed by atoms with van der Waals surface area (Å²) in [5.74, 6) is -0.937. The Morgan fingerprint density at radius 2 is 1.87 bits per heavy atom. The molecule has 0 saturated carbocycles. The number of aliphatic hydroxyl groups excluding tert-OH is 1. The number of urea groups is 1. The Bertz CT molecular complexity index is 1230. The molecular formula is C26H29F4N3O5. The Morgan fingerprint density at radius 1 is 1.13 bits per heavy atom. The molecule has 38 heavy (non-hydrogen) atoms. The van der Waals surface area contributed by atoms with E-state index in [0.29, 0.717) is 17.7 Å². The van der Waals surface area contributed by atoms with Crippen LogP contribution in [0.2, 0.25) is 0 Å². The standard InChI is InChI=1S/C26H29F4N3O5/c1-5-37-22-11-16(13-31-23(22)34)15-6-8-20(19(27)10-15)33-24(35)32-17-7-9-21(18(12-17)26(28,29)30)38-25(2,3)14-36-4/h6-13,23,31,34H,5,14H2,1-4H3,(H2,32,33,35). The van der Waals surface area contributed by atoms with E-state index in [0.717, 1.165) is 18.2 Å². The first-order valence-electron chi connectivity index (χ1n) is 11.6. The van der Waals surface area contributed by atoms with Gasteiger partial charge in [0.05, 0.1) is 24.5 Å². The summed E-state index contributed by atoms with van der Waals surface area (Å²) in [5, 5.41) is 17.1. The second-order valence-corrected chi connectivity index (χ2v) is 8.93. The lowest BCUT2D eigenvalue weighted by atomic mass is 10.0. The molecule has 4 N–H and O–H groups in total. The van der Waals surface area contributed by atoms with Crippen molar-refractivity contribution in [3.05, 3.63) is 71.4 Å². The number of allylic oxidation sites excluding steroid dienone is 2. The van der Waals surface area contributed by atoms with Gasteiger partial charge in [-0.2, -0.15) is 13.2 Å². The molecule has 3 rings (SSSR count). The predicted molar refractivity (Wildman–Crippen MR) is 134 cm³/mol. The van der Waals surface area contributed by atoms with Gasteiger partial charge in [0.1, 0.15) is 22.9 Å². The number of ether oxygens (including phenoxy) is 3. The lowest BCUT2D eigenvalue weighted by Crippen LogP contribution is -2.34. The molecule has 0 bridgehead atoms. The number of dihydropyridines is 1. The predicted octanol–water partition coefficient (Wildman–Crippen LogP) is 5.48. The quantitative estimate of drug-likeness (QED) is 0.315. The van der Waals surface area contributed by atoms with E-state index in [9.17, 15) is 27.5 Å². The molecule has 8 nitrogen and oxygen atoms in total. The Balaban J connectivity index is 1.74. The van der Waals surface area contributed by atoms with Crippen LogP contribution in [0.3, 0.4) is 0 Å². The summed E-state index contributed by atoms with van der Waals surface area (Å²) in [4.78, 5) is 12.4. The third-order valence-corrected chi connectivity index (χ3v) is 5.25.